The van der Waals surface area contributed by atoms with E-state index in [1.54, 1.807) is 0 Å². The minimum Gasteiger partial charge on any atom is -0.0918 e. The van der Waals surface area contributed by atoms with E-state index < -0.39 is 0 Å². The van der Waals surface area contributed by atoms with Crippen LogP contribution < -0.4 is 0 Å². The maximum Gasteiger partial charge on any atom is 0.0406 e. The van der Waals surface area contributed by atoms with Gasteiger partial charge in [-0.3, -0.25) is 0 Å². The zero-order chi connectivity index (χ0) is 15.5. The molecule has 0 spiro atoms. The molecule has 0 aromatic heterocycles. The molecular weight excluding hydrogens is 411 g/mol. The molecule has 2 rings (SSSR count). The molecular formula is C18H19Br2Cl. The van der Waals surface area contributed by atoms with Crippen molar-refractivity contribution in [3.8, 4) is 0 Å². The summed E-state index contributed by atoms with van der Waals surface area (Å²) in [7, 11) is 0. The number of halogens is 3. The first-order chi connectivity index (χ1) is 10.0. The molecule has 2 aromatic rings. The maximum absolute atomic E-state index is 6.04. The lowest BCUT2D eigenvalue weighted by molar-refractivity contribution is 0.548. The summed E-state index contributed by atoms with van der Waals surface area (Å²) in [5.74, 6) is 0. The fraction of sp³-hybridized carbons (Fsp3) is 0.333. The van der Waals surface area contributed by atoms with Crippen LogP contribution in [0.2, 0.25) is 5.02 Å². The van der Waals surface area contributed by atoms with Gasteiger partial charge < -0.3 is 0 Å². The topological polar surface area (TPSA) is 0 Å². The molecule has 0 aliphatic heterocycles. The second-order valence-corrected chi connectivity index (χ2v) is 7.16. The van der Waals surface area contributed by atoms with Crippen LogP contribution in [0.25, 0.3) is 0 Å². The van der Waals surface area contributed by atoms with E-state index in [2.05, 4.69) is 76.0 Å². The predicted octanol–water partition coefficient (Wildman–Crippen LogP) is 6.23. The number of hydrogen-bond donors (Lipinski definition) is 0. The van der Waals surface area contributed by atoms with Gasteiger partial charge in [-0.25, -0.2) is 0 Å². The van der Waals surface area contributed by atoms with Gasteiger partial charge in [0.2, 0.25) is 0 Å². The van der Waals surface area contributed by atoms with E-state index in [0.29, 0.717) is 0 Å². The van der Waals surface area contributed by atoms with Crippen molar-refractivity contribution in [1.29, 1.82) is 0 Å². The van der Waals surface area contributed by atoms with Crippen molar-refractivity contribution in [3.05, 3.63) is 69.7 Å². The molecule has 0 heterocycles. The van der Waals surface area contributed by atoms with Gasteiger partial charge in [0.1, 0.15) is 0 Å². The Kier molecular flexibility index (Phi) is 5.93. The molecule has 0 radical (unpaired) electrons. The van der Waals surface area contributed by atoms with Crippen molar-refractivity contribution in [2.24, 2.45) is 0 Å². The second kappa shape index (κ2) is 7.30. The minimum atomic E-state index is 0.0292. The summed E-state index contributed by atoms with van der Waals surface area (Å²) in [5.41, 5.74) is 5.49. The Labute approximate surface area is 149 Å². The predicted molar refractivity (Wildman–Crippen MR) is 100 cm³/mol. The quantitative estimate of drug-likeness (QED) is 0.494. The summed E-state index contributed by atoms with van der Waals surface area (Å²) in [6.07, 6.45) is 1.00. The molecule has 3 heteroatoms. The van der Waals surface area contributed by atoms with E-state index in [4.69, 9.17) is 11.6 Å². The summed E-state index contributed by atoms with van der Waals surface area (Å²) >= 11 is 13.5. The van der Waals surface area contributed by atoms with Gasteiger partial charge in [-0.1, -0.05) is 73.8 Å². The van der Waals surface area contributed by atoms with Crippen molar-refractivity contribution in [3.63, 3.8) is 0 Å². The average molecular weight is 431 g/mol. The lowest BCUT2D eigenvalue weighted by atomic mass is 9.77. The molecule has 0 aliphatic rings. The van der Waals surface area contributed by atoms with Crippen LogP contribution in [0, 0.1) is 13.8 Å². The molecule has 0 nitrogen and oxygen atoms in total. The highest BCUT2D eigenvalue weighted by molar-refractivity contribution is 9.09. The first-order valence-electron chi connectivity index (χ1n) is 6.95. The van der Waals surface area contributed by atoms with Crippen LogP contribution in [0.3, 0.4) is 0 Å². The Balaban J connectivity index is 2.45. The van der Waals surface area contributed by atoms with Crippen LogP contribution in [-0.4, -0.2) is 10.7 Å². The average Bonchev–Trinajstić information content (AvgIpc) is 2.49. The van der Waals surface area contributed by atoms with Crippen molar-refractivity contribution >= 4 is 43.5 Å². The molecule has 0 saturated heterocycles. The van der Waals surface area contributed by atoms with Gasteiger partial charge >= 0.3 is 0 Å². The van der Waals surface area contributed by atoms with Crippen LogP contribution in [0.4, 0.5) is 0 Å². The fourth-order valence-corrected chi connectivity index (χ4v) is 4.75. The molecule has 0 bridgehead atoms. The van der Waals surface area contributed by atoms with Gasteiger partial charge in [0.25, 0.3) is 0 Å². The molecule has 0 N–H and O–H groups in total. The largest absolute Gasteiger partial charge is 0.0918 e. The van der Waals surface area contributed by atoms with Gasteiger partial charge in [-0.2, -0.15) is 0 Å². The van der Waals surface area contributed by atoms with E-state index in [1.807, 2.05) is 12.1 Å². The Bertz CT molecular complexity index is 581. The molecule has 21 heavy (non-hydrogen) atoms. The summed E-state index contributed by atoms with van der Waals surface area (Å²) in [6.45, 7) is 4.38. The smallest absolute Gasteiger partial charge is 0.0406 e. The van der Waals surface area contributed by atoms with Gasteiger partial charge in [0, 0.05) is 21.1 Å². The molecule has 0 aliphatic carbocycles. The Morgan fingerprint density at radius 2 is 1.43 bits per heavy atom. The van der Waals surface area contributed by atoms with Crippen LogP contribution in [-0.2, 0) is 11.8 Å². The van der Waals surface area contributed by atoms with E-state index in [1.165, 1.54) is 22.3 Å². The van der Waals surface area contributed by atoms with Gasteiger partial charge in [0.05, 0.1) is 0 Å². The maximum atomic E-state index is 6.04. The lowest BCUT2D eigenvalue weighted by Gasteiger charge is -2.32. The fourth-order valence-electron chi connectivity index (χ4n) is 2.66. The zero-order valence-electron chi connectivity index (χ0n) is 12.3. The molecule has 2 aromatic carbocycles. The third kappa shape index (κ3) is 3.72. The van der Waals surface area contributed by atoms with E-state index in [9.17, 15) is 0 Å². The highest BCUT2D eigenvalue weighted by atomic mass is 79.9. The Hall–Kier alpha value is -0.310. The molecule has 0 fully saturated rings. The number of aryl methyl sites for hydroxylation is 2. The summed E-state index contributed by atoms with van der Waals surface area (Å²) < 4.78 is 0. The zero-order valence-corrected chi connectivity index (χ0v) is 16.2. The number of benzene rings is 2. The van der Waals surface area contributed by atoms with E-state index in [0.717, 1.165) is 22.1 Å². The Morgan fingerprint density at radius 3 is 1.90 bits per heavy atom. The molecule has 0 saturated carbocycles. The molecule has 0 atom stereocenters. The minimum absolute atomic E-state index is 0.0292. The number of alkyl halides is 2. The first-order valence-corrected chi connectivity index (χ1v) is 9.57. The van der Waals surface area contributed by atoms with Crippen molar-refractivity contribution < 1.29 is 0 Å². The summed E-state index contributed by atoms with van der Waals surface area (Å²) in [6, 6.07) is 14.7. The van der Waals surface area contributed by atoms with Gasteiger partial charge in [-0.05, 0) is 54.7 Å². The van der Waals surface area contributed by atoms with Crippen molar-refractivity contribution in [2.45, 2.75) is 25.7 Å². The van der Waals surface area contributed by atoms with E-state index in [-0.39, 0.29) is 5.41 Å². The van der Waals surface area contributed by atoms with Crippen LogP contribution in [0.15, 0.2) is 42.5 Å². The highest BCUT2D eigenvalue weighted by Crippen LogP contribution is 2.35. The van der Waals surface area contributed by atoms with Crippen LogP contribution in [0.1, 0.15) is 22.3 Å². The summed E-state index contributed by atoms with van der Waals surface area (Å²) in [4.78, 5) is 0. The van der Waals surface area contributed by atoms with E-state index >= 15 is 0 Å². The third-order valence-corrected chi connectivity index (χ3v) is 6.53. The Morgan fingerprint density at radius 1 is 0.905 bits per heavy atom. The van der Waals surface area contributed by atoms with Crippen molar-refractivity contribution in [1.82, 2.24) is 0 Å². The first kappa shape index (κ1) is 17.1. The van der Waals surface area contributed by atoms with Crippen molar-refractivity contribution in [2.75, 3.05) is 10.7 Å². The lowest BCUT2D eigenvalue weighted by Crippen LogP contribution is -2.33. The standard InChI is InChI=1S/C18H19Br2Cl/c1-13-4-3-5-14(2)17(13)10-18(11-19,12-20)15-6-8-16(21)9-7-15/h3-9H,10-12H2,1-2H3. The highest BCUT2D eigenvalue weighted by Gasteiger charge is 2.31. The van der Waals surface area contributed by atoms with Gasteiger partial charge in [-0.15, -0.1) is 0 Å². The van der Waals surface area contributed by atoms with Crippen LogP contribution >= 0.6 is 43.5 Å². The van der Waals surface area contributed by atoms with Crippen LogP contribution in [0.5, 0.6) is 0 Å². The molecule has 0 amide bonds. The normalized spacial score (nSPS) is 11.7. The van der Waals surface area contributed by atoms with Gasteiger partial charge in [0.15, 0.2) is 0 Å². The SMILES string of the molecule is Cc1cccc(C)c1CC(CBr)(CBr)c1ccc(Cl)cc1. The number of hydrogen-bond acceptors (Lipinski definition) is 0. The second-order valence-electron chi connectivity index (χ2n) is 5.60. The molecule has 112 valence electrons. The molecule has 0 unspecified atom stereocenters. The number of rotatable bonds is 5. The monoisotopic (exact) mass is 428 g/mol. The summed E-state index contributed by atoms with van der Waals surface area (Å²) in [5, 5.41) is 2.59. The third-order valence-electron chi connectivity index (χ3n) is 4.13.